The Morgan fingerprint density at radius 2 is 2.43 bits per heavy atom. The second-order valence-corrected chi connectivity index (χ2v) is 3.78. The third kappa shape index (κ3) is 1.96. The highest BCUT2D eigenvalue weighted by Crippen LogP contribution is 2.15. The molecule has 0 unspecified atom stereocenters. The Balaban J connectivity index is 2.14. The second kappa shape index (κ2) is 3.84. The van der Waals surface area contributed by atoms with Gasteiger partial charge in [0.25, 0.3) is 0 Å². The van der Waals surface area contributed by atoms with Crippen LogP contribution in [0.25, 0.3) is 0 Å². The highest BCUT2D eigenvalue weighted by Gasteiger charge is 2.00. The Morgan fingerprint density at radius 3 is 3.00 bits per heavy atom. The van der Waals surface area contributed by atoms with Gasteiger partial charge < -0.3 is 8.98 Å². The Labute approximate surface area is 89.5 Å². The van der Waals surface area contributed by atoms with Gasteiger partial charge in [-0.05, 0) is 28.1 Å². The number of carbonyl (C=O) groups excluding carboxylic acids is 1. The van der Waals surface area contributed by atoms with E-state index in [1.807, 2.05) is 16.8 Å². The molecular weight excluding hydrogens is 246 g/mol. The maximum Gasteiger partial charge on any atom is 0.169 e. The molecule has 0 N–H and O–H groups in total. The van der Waals surface area contributed by atoms with Crippen LogP contribution in [0.2, 0.25) is 0 Å². The van der Waals surface area contributed by atoms with Crippen molar-refractivity contribution in [2.24, 2.45) is 0 Å². The minimum Gasteiger partial charge on any atom is -0.457 e. The molecule has 2 rings (SSSR count). The van der Waals surface area contributed by atoms with Crippen LogP contribution in [-0.4, -0.2) is 10.9 Å². The molecule has 0 bridgehead atoms. The predicted octanol–water partition coefficient (Wildman–Crippen LogP) is 2.70. The zero-order valence-electron chi connectivity index (χ0n) is 7.31. The molecule has 0 saturated carbocycles. The topological polar surface area (TPSA) is 35.1 Å². The first-order valence-corrected chi connectivity index (χ1v) is 4.91. The summed E-state index contributed by atoms with van der Waals surface area (Å²) in [5.41, 5.74) is 1.75. The molecule has 2 aromatic rings. The summed E-state index contributed by atoms with van der Waals surface area (Å²) in [7, 11) is 0. The van der Waals surface area contributed by atoms with Crippen LogP contribution in [0, 0.1) is 0 Å². The molecule has 0 aliphatic carbocycles. The lowest BCUT2D eigenvalue weighted by atomic mass is 10.3. The van der Waals surface area contributed by atoms with E-state index in [0.717, 1.165) is 16.5 Å². The molecule has 72 valence electrons. The van der Waals surface area contributed by atoms with Crippen molar-refractivity contribution in [3.8, 4) is 0 Å². The van der Waals surface area contributed by atoms with E-state index in [9.17, 15) is 4.79 Å². The van der Waals surface area contributed by atoms with Gasteiger partial charge in [-0.15, -0.1) is 0 Å². The van der Waals surface area contributed by atoms with E-state index in [-0.39, 0.29) is 0 Å². The lowest BCUT2D eigenvalue weighted by Gasteiger charge is -1.97. The van der Waals surface area contributed by atoms with Crippen molar-refractivity contribution in [2.75, 3.05) is 0 Å². The van der Waals surface area contributed by atoms with Crippen LogP contribution < -0.4 is 0 Å². The van der Waals surface area contributed by atoms with E-state index >= 15 is 0 Å². The molecule has 4 heteroatoms. The van der Waals surface area contributed by atoms with Crippen molar-refractivity contribution >= 4 is 22.2 Å². The molecule has 0 spiro atoms. The molecule has 0 amide bonds. The lowest BCUT2D eigenvalue weighted by molar-refractivity contribution is 0.112. The summed E-state index contributed by atoms with van der Waals surface area (Å²) in [5, 5.41) is 0. The van der Waals surface area contributed by atoms with Crippen molar-refractivity contribution in [3.63, 3.8) is 0 Å². The summed E-state index contributed by atoms with van der Waals surface area (Å²) in [6.07, 6.45) is 6.19. The third-order valence-corrected chi connectivity index (χ3v) is 2.31. The van der Waals surface area contributed by atoms with Crippen molar-refractivity contribution in [1.29, 1.82) is 0 Å². The number of hydrogen-bond donors (Lipinski definition) is 0. The summed E-state index contributed by atoms with van der Waals surface area (Å²) in [4.78, 5) is 10.4. The molecule has 2 aromatic heterocycles. The molecule has 0 fully saturated rings. The van der Waals surface area contributed by atoms with Gasteiger partial charge in [0.1, 0.15) is 0 Å². The number of aromatic nitrogens is 1. The number of hydrogen-bond acceptors (Lipinski definition) is 2. The van der Waals surface area contributed by atoms with Gasteiger partial charge in [-0.25, -0.2) is 0 Å². The summed E-state index contributed by atoms with van der Waals surface area (Å²) in [6, 6.07) is 3.68. The first-order chi connectivity index (χ1) is 6.78. The normalized spacial score (nSPS) is 10.4. The van der Waals surface area contributed by atoms with Gasteiger partial charge in [0.05, 0.1) is 12.8 Å². The van der Waals surface area contributed by atoms with E-state index in [1.165, 1.54) is 0 Å². The molecular formula is C10H8BrNO2. The molecule has 14 heavy (non-hydrogen) atoms. The van der Waals surface area contributed by atoms with Gasteiger partial charge in [-0.1, -0.05) is 0 Å². The molecule has 0 aliphatic heterocycles. The van der Waals surface area contributed by atoms with Gasteiger partial charge in [0.15, 0.2) is 11.0 Å². The fourth-order valence-electron chi connectivity index (χ4n) is 1.27. The molecule has 0 aromatic carbocycles. The minimum absolute atomic E-state index is 0.688. The zero-order chi connectivity index (χ0) is 9.97. The summed E-state index contributed by atoms with van der Waals surface area (Å²) >= 11 is 3.23. The first-order valence-electron chi connectivity index (χ1n) is 4.12. The Hall–Kier alpha value is -1.29. The number of nitrogens with zero attached hydrogens (tertiary/aromatic N) is 1. The number of rotatable bonds is 3. The minimum atomic E-state index is 0.688. The number of furan rings is 1. The SMILES string of the molecule is O=Cc1ccn(Cc2coc(Br)c2)c1. The average Bonchev–Trinajstić information content (AvgIpc) is 2.76. The fraction of sp³-hybridized carbons (Fsp3) is 0.100. The molecule has 3 nitrogen and oxygen atoms in total. The zero-order valence-corrected chi connectivity index (χ0v) is 8.90. The van der Waals surface area contributed by atoms with Gasteiger partial charge in [-0.3, -0.25) is 4.79 Å². The molecule has 0 aliphatic rings. The van der Waals surface area contributed by atoms with Crippen LogP contribution in [0.1, 0.15) is 15.9 Å². The second-order valence-electron chi connectivity index (χ2n) is 2.99. The summed E-state index contributed by atoms with van der Waals surface area (Å²) < 4.78 is 7.75. The highest BCUT2D eigenvalue weighted by atomic mass is 79.9. The van der Waals surface area contributed by atoms with Gasteiger partial charge in [0.2, 0.25) is 0 Å². The largest absolute Gasteiger partial charge is 0.457 e. The maximum absolute atomic E-state index is 10.4. The quantitative estimate of drug-likeness (QED) is 0.789. The molecule has 0 radical (unpaired) electrons. The lowest BCUT2D eigenvalue weighted by Crippen LogP contribution is -1.93. The fourth-order valence-corrected chi connectivity index (χ4v) is 1.65. The van der Waals surface area contributed by atoms with Crippen LogP contribution >= 0.6 is 15.9 Å². The number of halogens is 1. The first kappa shape index (κ1) is 9.27. The average molecular weight is 254 g/mol. The summed E-state index contributed by atoms with van der Waals surface area (Å²) in [6.45, 7) is 0.711. The van der Waals surface area contributed by atoms with Crippen molar-refractivity contribution < 1.29 is 9.21 Å². The van der Waals surface area contributed by atoms with Gasteiger partial charge in [-0.2, -0.15) is 0 Å². The van der Waals surface area contributed by atoms with Crippen LogP contribution in [0.4, 0.5) is 0 Å². The smallest absolute Gasteiger partial charge is 0.169 e. The number of aldehydes is 1. The Morgan fingerprint density at radius 1 is 1.57 bits per heavy atom. The van der Waals surface area contributed by atoms with Crippen molar-refractivity contribution in [1.82, 2.24) is 4.57 Å². The summed E-state index contributed by atoms with van der Waals surface area (Å²) in [5.74, 6) is 0. The van der Waals surface area contributed by atoms with Crippen LogP contribution in [0.5, 0.6) is 0 Å². The Bertz CT molecular complexity index is 444. The van der Waals surface area contributed by atoms with E-state index in [4.69, 9.17) is 4.42 Å². The predicted molar refractivity (Wildman–Crippen MR) is 55.3 cm³/mol. The highest BCUT2D eigenvalue weighted by molar-refractivity contribution is 9.10. The van der Waals surface area contributed by atoms with E-state index < -0.39 is 0 Å². The van der Waals surface area contributed by atoms with Crippen LogP contribution in [-0.2, 0) is 6.54 Å². The van der Waals surface area contributed by atoms with E-state index in [1.54, 1.807) is 18.5 Å². The molecule has 0 atom stereocenters. The third-order valence-electron chi connectivity index (χ3n) is 1.90. The van der Waals surface area contributed by atoms with Crippen molar-refractivity contribution in [2.45, 2.75) is 6.54 Å². The van der Waals surface area contributed by atoms with E-state index in [0.29, 0.717) is 12.1 Å². The van der Waals surface area contributed by atoms with Gasteiger partial charge >= 0.3 is 0 Å². The number of carbonyl (C=O) groups is 1. The van der Waals surface area contributed by atoms with Crippen molar-refractivity contribution in [3.05, 3.63) is 46.6 Å². The van der Waals surface area contributed by atoms with E-state index in [2.05, 4.69) is 15.9 Å². The standard InChI is InChI=1S/C10H8BrNO2/c11-10-3-9(7-14-10)5-12-2-1-8(4-12)6-13/h1-4,6-7H,5H2. The van der Waals surface area contributed by atoms with Crippen LogP contribution in [0.3, 0.4) is 0 Å². The maximum atomic E-state index is 10.4. The van der Waals surface area contributed by atoms with Gasteiger partial charge in [0, 0.05) is 23.5 Å². The molecule has 2 heterocycles. The monoisotopic (exact) mass is 253 g/mol. The van der Waals surface area contributed by atoms with Crippen LogP contribution in [0.15, 0.2) is 39.9 Å². The molecule has 0 saturated heterocycles. The Kier molecular flexibility index (Phi) is 2.54.